The van der Waals surface area contributed by atoms with Crippen LogP contribution < -0.4 is 10.2 Å². The second-order valence-corrected chi connectivity index (χ2v) is 5.95. The molecule has 1 aliphatic heterocycles. The maximum Gasteiger partial charge on any atom is 0.281 e. The fourth-order valence-corrected chi connectivity index (χ4v) is 2.75. The van der Waals surface area contributed by atoms with Crippen LogP contribution in [0.5, 0.6) is 0 Å². The maximum atomic E-state index is 13.9. The van der Waals surface area contributed by atoms with Crippen LogP contribution in [0, 0.1) is 5.82 Å². The number of hydrogen-bond acceptors (Lipinski definition) is 2. The number of halogens is 3. The zero-order chi connectivity index (χ0) is 16.6. The van der Waals surface area contributed by atoms with Crippen LogP contribution in [0.1, 0.15) is 5.56 Å². The molecule has 7 heteroatoms. The van der Waals surface area contributed by atoms with Crippen LogP contribution in [0.4, 0.5) is 10.1 Å². The lowest BCUT2D eigenvalue weighted by atomic mass is 10.2. The highest BCUT2D eigenvalue weighted by molar-refractivity contribution is 7.80. The molecule has 1 amide bonds. The van der Waals surface area contributed by atoms with Gasteiger partial charge in [-0.3, -0.25) is 4.79 Å². The fraction of sp³-hybridized carbons (Fsp3) is 0. The minimum atomic E-state index is -0.527. The summed E-state index contributed by atoms with van der Waals surface area (Å²) in [6.07, 6.45) is 1.58. The average Bonchev–Trinajstić information content (AvgIpc) is 2.78. The predicted octanol–water partition coefficient (Wildman–Crippen LogP) is 4.39. The molecule has 0 atom stereocenters. The average molecular weight is 367 g/mol. The predicted molar refractivity (Wildman–Crippen MR) is 94.1 cm³/mol. The summed E-state index contributed by atoms with van der Waals surface area (Å²) in [5.74, 6) is -0.966. The first-order valence-corrected chi connectivity index (χ1v) is 7.70. The molecule has 1 N–H and O–H groups in total. The Labute approximate surface area is 147 Å². The monoisotopic (exact) mass is 366 g/mol. The number of carbonyl (C=O) groups is 1. The molecule has 1 fully saturated rings. The Hall–Kier alpha value is -1.95. The minimum absolute atomic E-state index is 0.104. The number of amides is 1. The van der Waals surface area contributed by atoms with Gasteiger partial charge in [-0.1, -0.05) is 41.4 Å². The molecule has 1 heterocycles. The number of hydrogen-bond donors (Lipinski definition) is 1. The number of benzene rings is 2. The first-order chi connectivity index (χ1) is 11.0. The Bertz CT molecular complexity index is 854. The molecule has 23 heavy (non-hydrogen) atoms. The van der Waals surface area contributed by atoms with E-state index in [1.54, 1.807) is 36.4 Å². The highest BCUT2D eigenvalue weighted by atomic mass is 35.5. The number of carbonyl (C=O) groups excluding carboxylic acids is 1. The summed E-state index contributed by atoms with van der Waals surface area (Å²) in [7, 11) is 0. The van der Waals surface area contributed by atoms with Crippen LogP contribution in [0.2, 0.25) is 10.0 Å². The maximum absolute atomic E-state index is 13.9. The molecular formula is C16H9Cl2FN2OS. The summed E-state index contributed by atoms with van der Waals surface area (Å²) < 4.78 is 13.9. The van der Waals surface area contributed by atoms with E-state index in [0.717, 1.165) is 4.90 Å². The molecule has 116 valence electrons. The van der Waals surface area contributed by atoms with E-state index in [1.807, 2.05) is 0 Å². The molecule has 0 radical (unpaired) electrons. The Kier molecular flexibility index (Phi) is 4.35. The standard InChI is InChI=1S/C16H9Cl2FN2OS/c17-10-6-5-9(7-11(10)18)8-13-15(22)21(16(23)20-13)14-4-2-1-3-12(14)19/h1-8H,(H,20,23)/b13-8+. The second kappa shape index (κ2) is 6.28. The summed E-state index contributed by atoms with van der Waals surface area (Å²) in [6.45, 7) is 0. The van der Waals surface area contributed by atoms with E-state index in [-0.39, 0.29) is 16.5 Å². The van der Waals surface area contributed by atoms with Crippen molar-refractivity contribution in [1.29, 1.82) is 0 Å². The third-order valence-corrected chi connectivity index (χ3v) is 4.25. The van der Waals surface area contributed by atoms with Crippen molar-refractivity contribution in [3.05, 3.63) is 69.6 Å². The zero-order valence-corrected chi connectivity index (χ0v) is 13.8. The van der Waals surface area contributed by atoms with Crippen molar-refractivity contribution in [2.75, 3.05) is 4.90 Å². The second-order valence-electron chi connectivity index (χ2n) is 4.75. The van der Waals surface area contributed by atoms with Crippen molar-refractivity contribution in [2.45, 2.75) is 0 Å². The van der Waals surface area contributed by atoms with Gasteiger partial charge in [-0.2, -0.15) is 0 Å². The summed E-state index contributed by atoms with van der Waals surface area (Å²) in [4.78, 5) is 13.6. The number of nitrogens with one attached hydrogen (secondary N) is 1. The van der Waals surface area contributed by atoms with Crippen LogP contribution in [-0.2, 0) is 4.79 Å². The van der Waals surface area contributed by atoms with Crippen molar-refractivity contribution in [3.63, 3.8) is 0 Å². The van der Waals surface area contributed by atoms with Crippen LogP contribution in [0.15, 0.2) is 48.2 Å². The van der Waals surface area contributed by atoms with Gasteiger partial charge in [0.2, 0.25) is 0 Å². The highest BCUT2D eigenvalue weighted by Crippen LogP contribution is 2.27. The quantitative estimate of drug-likeness (QED) is 0.631. The Morgan fingerprint density at radius 3 is 2.57 bits per heavy atom. The van der Waals surface area contributed by atoms with Gasteiger partial charge in [-0.15, -0.1) is 0 Å². The summed E-state index contributed by atoms with van der Waals surface area (Å²) in [5, 5.41) is 3.70. The molecule has 0 spiro atoms. The largest absolute Gasteiger partial charge is 0.327 e. The van der Waals surface area contributed by atoms with Crippen molar-refractivity contribution >= 4 is 58.2 Å². The van der Waals surface area contributed by atoms with E-state index < -0.39 is 11.7 Å². The number of rotatable bonds is 2. The number of thiocarbonyl (C=S) groups is 1. The smallest absolute Gasteiger partial charge is 0.281 e. The molecule has 2 aromatic carbocycles. The minimum Gasteiger partial charge on any atom is -0.327 e. The lowest BCUT2D eigenvalue weighted by Crippen LogP contribution is -2.31. The summed E-state index contributed by atoms with van der Waals surface area (Å²) >= 11 is 17.0. The number of nitrogens with zero attached hydrogens (tertiary/aromatic N) is 1. The molecule has 2 aromatic rings. The first kappa shape index (κ1) is 15.9. The van der Waals surface area contributed by atoms with Gasteiger partial charge in [0.05, 0.1) is 15.7 Å². The lowest BCUT2D eigenvalue weighted by Gasteiger charge is -2.14. The Morgan fingerprint density at radius 2 is 1.87 bits per heavy atom. The molecule has 1 saturated heterocycles. The third kappa shape index (κ3) is 3.08. The molecule has 0 bridgehead atoms. The van der Waals surface area contributed by atoms with Crippen LogP contribution >= 0.6 is 35.4 Å². The molecule has 0 unspecified atom stereocenters. The molecule has 1 aliphatic rings. The summed E-state index contributed by atoms with van der Waals surface area (Å²) in [5.41, 5.74) is 1.01. The third-order valence-electron chi connectivity index (χ3n) is 3.23. The summed E-state index contributed by atoms with van der Waals surface area (Å²) in [6, 6.07) is 10.9. The van der Waals surface area contributed by atoms with Gasteiger partial charge in [0, 0.05) is 0 Å². The Morgan fingerprint density at radius 1 is 1.13 bits per heavy atom. The fourth-order valence-electron chi connectivity index (χ4n) is 2.16. The van der Waals surface area contributed by atoms with E-state index in [9.17, 15) is 9.18 Å². The molecule has 3 rings (SSSR count). The van der Waals surface area contributed by atoms with Gasteiger partial charge in [-0.05, 0) is 48.1 Å². The Balaban J connectivity index is 1.96. The normalized spacial score (nSPS) is 16.1. The van der Waals surface area contributed by atoms with Gasteiger partial charge in [0.25, 0.3) is 5.91 Å². The number of para-hydroxylation sites is 1. The van der Waals surface area contributed by atoms with Crippen molar-refractivity contribution in [2.24, 2.45) is 0 Å². The first-order valence-electron chi connectivity index (χ1n) is 6.54. The van der Waals surface area contributed by atoms with Crippen LogP contribution in [0.25, 0.3) is 6.08 Å². The SMILES string of the molecule is O=C1/C(=C\c2ccc(Cl)c(Cl)c2)NC(=S)N1c1ccccc1F. The highest BCUT2D eigenvalue weighted by Gasteiger charge is 2.33. The van der Waals surface area contributed by atoms with Crippen molar-refractivity contribution in [3.8, 4) is 0 Å². The molecule has 3 nitrogen and oxygen atoms in total. The van der Waals surface area contributed by atoms with E-state index >= 15 is 0 Å². The molecular weight excluding hydrogens is 358 g/mol. The number of anilines is 1. The van der Waals surface area contributed by atoms with E-state index in [1.165, 1.54) is 12.1 Å². The van der Waals surface area contributed by atoms with E-state index in [0.29, 0.717) is 15.6 Å². The van der Waals surface area contributed by atoms with Gasteiger partial charge in [0.1, 0.15) is 11.5 Å². The van der Waals surface area contributed by atoms with E-state index in [4.69, 9.17) is 35.4 Å². The van der Waals surface area contributed by atoms with Crippen LogP contribution in [-0.4, -0.2) is 11.0 Å². The lowest BCUT2D eigenvalue weighted by molar-refractivity contribution is -0.113. The van der Waals surface area contributed by atoms with Gasteiger partial charge in [-0.25, -0.2) is 9.29 Å². The van der Waals surface area contributed by atoms with Crippen LogP contribution in [0.3, 0.4) is 0 Å². The van der Waals surface area contributed by atoms with E-state index in [2.05, 4.69) is 5.32 Å². The van der Waals surface area contributed by atoms with Crippen molar-refractivity contribution < 1.29 is 9.18 Å². The van der Waals surface area contributed by atoms with Gasteiger partial charge < -0.3 is 5.32 Å². The van der Waals surface area contributed by atoms with Crippen molar-refractivity contribution in [1.82, 2.24) is 5.32 Å². The van der Waals surface area contributed by atoms with Gasteiger partial charge >= 0.3 is 0 Å². The zero-order valence-electron chi connectivity index (χ0n) is 11.5. The molecule has 0 aromatic heterocycles. The topological polar surface area (TPSA) is 32.3 Å². The molecule has 0 saturated carbocycles. The molecule has 0 aliphatic carbocycles. The van der Waals surface area contributed by atoms with Gasteiger partial charge in [0.15, 0.2) is 5.11 Å².